The molecular formula is C47H30N2. The van der Waals surface area contributed by atoms with E-state index in [9.17, 15) is 0 Å². The van der Waals surface area contributed by atoms with Gasteiger partial charge in [-0.3, -0.25) is 0 Å². The van der Waals surface area contributed by atoms with Gasteiger partial charge in [0.25, 0.3) is 0 Å². The molecule has 1 aliphatic rings. The fraction of sp³-hybridized carbons (Fsp3) is 0.0213. The number of hydrogen-bond acceptors (Lipinski definition) is 2. The van der Waals surface area contributed by atoms with Crippen molar-refractivity contribution in [2.24, 2.45) is 0 Å². The molecule has 1 heterocycles. The summed E-state index contributed by atoms with van der Waals surface area (Å²) in [7, 11) is 0. The van der Waals surface area contributed by atoms with Gasteiger partial charge in [-0.15, -0.1) is 0 Å². The topological polar surface area (TPSA) is 25.8 Å². The van der Waals surface area contributed by atoms with Crippen molar-refractivity contribution in [2.75, 3.05) is 0 Å². The van der Waals surface area contributed by atoms with Crippen LogP contribution in [-0.2, 0) is 5.41 Å². The fourth-order valence-electron chi connectivity index (χ4n) is 8.12. The monoisotopic (exact) mass is 622 g/mol. The number of benzene rings is 8. The number of nitrogens with zero attached hydrogens (tertiary/aromatic N) is 2. The molecule has 0 fully saturated rings. The molecule has 0 spiro atoms. The molecule has 0 saturated heterocycles. The fourth-order valence-corrected chi connectivity index (χ4v) is 8.12. The Morgan fingerprint density at radius 1 is 0.367 bits per heavy atom. The number of rotatable bonds is 4. The summed E-state index contributed by atoms with van der Waals surface area (Å²) in [4.78, 5) is 10.7. The lowest BCUT2D eigenvalue weighted by molar-refractivity contribution is 0.769. The Kier molecular flexibility index (Phi) is 6.13. The minimum absolute atomic E-state index is 0.447. The van der Waals surface area contributed by atoms with Gasteiger partial charge < -0.3 is 0 Å². The maximum atomic E-state index is 5.35. The lowest BCUT2D eigenvalue weighted by Crippen LogP contribution is -2.28. The van der Waals surface area contributed by atoms with Crippen LogP contribution >= 0.6 is 0 Å². The lowest BCUT2D eigenvalue weighted by Gasteiger charge is -2.34. The largest absolute Gasteiger partial charge is 0.244 e. The van der Waals surface area contributed by atoms with Crippen LogP contribution in [0.5, 0.6) is 0 Å². The summed E-state index contributed by atoms with van der Waals surface area (Å²) < 4.78 is 0. The first-order valence-electron chi connectivity index (χ1n) is 16.8. The maximum Gasteiger partial charge on any atom is 0.0973 e. The molecule has 2 nitrogen and oxygen atoms in total. The maximum absolute atomic E-state index is 5.35. The molecule has 0 radical (unpaired) electrons. The molecular weight excluding hydrogens is 593 g/mol. The van der Waals surface area contributed by atoms with Crippen molar-refractivity contribution in [3.8, 4) is 33.6 Å². The highest BCUT2D eigenvalue weighted by molar-refractivity contribution is 6.06. The number of aromatic nitrogens is 2. The average Bonchev–Trinajstić information content (AvgIpc) is 3.47. The second-order valence-corrected chi connectivity index (χ2v) is 12.9. The Bertz CT molecular complexity index is 2660. The summed E-state index contributed by atoms with van der Waals surface area (Å²) in [6.07, 6.45) is 0. The van der Waals surface area contributed by atoms with Crippen molar-refractivity contribution >= 4 is 32.6 Å². The van der Waals surface area contributed by atoms with Gasteiger partial charge in [0.1, 0.15) is 0 Å². The van der Waals surface area contributed by atoms with Gasteiger partial charge in [0, 0.05) is 16.5 Å². The van der Waals surface area contributed by atoms with Crippen LogP contribution in [0, 0.1) is 0 Å². The third-order valence-electron chi connectivity index (χ3n) is 10.3. The Hall–Kier alpha value is -6.38. The highest BCUT2D eigenvalue weighted by Crippen LogP contribution is 2.56. The molecule has 9 aromatic rings. The summed E-state index contributed by atoms with van der Waals surface area (Å²) in [6.45, 7) is 0. The van der Waals surface area contributed by atoms with Crippen LogP contribution in [0.25, 0.3) is 66.2 Å². The second-order valence-electron chi connectivity index (χ2n) is 12.9. The van der Waals surface area contributed by atoms with Gasteiger partial charge in [-0.2, -0.15) is 0 Å². The number of fused-ring (bicyclic) bond motifs is 7. The van der Waals surface area contributed by atoms with Crippen LogP contribution in [0.1, 0.15) is 22.3 Å². The van der Waals surface area contributed by atoms with Crippen LogP contribution in [-0.4, -0.2) is 9.97 Å². The van der Waals surface area contributed by atoms with Crippen molar-refractivity contribution in [1.29, 1.82) is 0 Å². The Morgan fingerprint density at radius 2 is 1.00 bits per heavy atom. The predicted molar refractivity (Wildman–Crippen MR) is 203 cm³/mol. The van der Waals surface area contributed by atoms with Crippen LogP contribution in [0.2, 0.25) is 0 Å². The van der Waals surface area contributed by atoms with E-state index in [4.69, 9.17) is 9.97 Å². The SMILES string of the molecule is c1ccc(-c2nc3c(ccc4ccccc43)nc2-c2ccc3cc4c(cc3c2)C(c2ccccc2)(c2ccccc2)c2ccccc2-4)cc1. The van der Waals surface area contributed by atoms with E-state index in [0.717, 1.165) is 44.3 Å². The second kappa shape index (κ2) is 10.8. The van der Waals surface area contributed by atoms with E-state index in [1.165, 1.54) is 44.2 Å². The predicted octanol–water partition coefficient (Wildman–Crippen LogP) is 11.6. The summed E-state index contributed by atoms with van der Waals surface area (Å²) in [6, 6.07) is 65.6. The van der Waals surface area contributed by atoms with Gasteiger partial charge in [0.2, 0.25) is 0 Å². The zero-order valence-corrected chi connectivity index (χ0v) is 26.7. The highest BCUT2D eigenvalue weighted by atomic mass is 14.8. The van der Waals surface area contributed by atoms with E-state index in [2.05, 4.69) is 176 Å². The summed E-state index contributed by atoms with van der Waals surface area (Å²) in [5.74, 6) is 0. The van der Waals surface area contributed by atoms with Gasteiger partial charge in [0.05, 0.1) is 27.8 Å². The van der Waals surface area contributed by atoms with Gasteiger partial charge in [-0.05, 0) is 73.8 Å². The van der Waals surface area contributed by atoms with Crippen molar-refractivity contribution < 1.29 is 0 Å². The lowest BCUT2D eigenvalue weighted by atomic mass is 9.67. The zero-order chi connectivity index (χ0) is 32.4. The minimum atomic E-state index is -0.447. The normalized spacial score (nSPS) is 13.1. The van der Waals surface area contributed by atoms with Gasteiger partial charge in [0.15, 0.2) is 0 Å². The first-order valence-corrected chi connectivity index (χ1v) is 16.8. The Balaban J connectivity index is 1.25. The molecule has 0 N–H and O–H groups in total. The quantitative estimate of drug-likeness (QED) is 0.183. The minimum Gasteiger partial charge on any atom is -0.244 e. The van der Waals surface area contributed by atoms with E-state index >= 15 is 0 Å². The van der Waals surface area contributed by atoms with Crippen molar-refractivity contribution in [1.82, 2.24) is 9.97 Å². The van der Waals surface area contributed by atoms with E-state index in [-0.39, 0.29) is 0 Å². The first-order chi connectivity index (χ1) is 24.3. The molecule has 1 aromatic heterocycles. The van der Waals surface area contributed by atoms with Crippen LogP contribution in [0.15, 0.2) is 182 Å². The van der Waals surface area contributed by atoms with Crippen molar-refractivity contribution in [3.63, 3.8) is 0 Å². The molecule has 8 aromatic carbocycles. The van der Waals surface area contributed by atoms with Crippen LogP contribution in [0.3, 0.4) is 0 Å². The van der Waals surface area contributed by atoms with Gasteiger partial charge >= 0.3 is 0 Å². The van der Waals surface area contributed by atoms with Crippen LogP contribution in [0.4, 0.5) is 0 Å². The molecule has 2 heteroatoms. The molecule has 0 amide bonds. The number of hydrogen-bond donors (Lipinski definition) is 0. The summed E-state index contributed by atoms with van der Waals surface area (Å²) in [5.41, 5.74) is 13.0. The first kappa shape index (κ1) is 27.7. The third kappa shape index (κ3) is 4.14. The molecule has 49 heavy (non-hydrogen) atoms. The molecule has 0 bridgehead atoms. The van der Waals surface area contributed by atoms with Crippen molar-refractivity contribution in [3.05, 3.63) is 204 Å². The van der Waals surface area contributed by atoms with Gasteiger partial charge in [-0.25, -0.2) is 9.97 Å². The third-order valence-corrected chi connectivity index (χ3v) is 10.3. The van der Waals surface area contributed by atoms with E-state index in [1.807, 2.05) is 6.07 Å². The molecule has 228 valence electrons. The Morgan fingerprint density at radius 3 is 1.78 bits per heavy atom. The van der Waals surface area contributed by atoms with E-state index < -0.39 is 5.41 Å². The standard InChI is InChI=1S/C47H30N2/c1-4-15-32(16-5-1)44-45(48-43-27-26-31-14-10-11-21-38(31)46(43)49-44)34-25-24-33-29-40-39-22-12-13-23-41(39)47(36-17-6-2-7-18-36,37-19-8-3-9-20-37)42(40)30-35(33)28-34/h1-30H. The Labute approximate surface area is 285 Å². The van der Waals surface area contributed by atoms with Crippen molar-refractivity contribution in [2.45, 2.75) is 5.41 Å². The molecule has 1 aliphatic carbocycles. The highest BCUT2D eigenvalue weighted by Gasteiger charge is 2.46. The summed E-state index contributed by atoms with van der Waals surface area (Å²) in [5, 5.41) is 4.66. The molecule has 10 rings (SSSR count). The molecule has 0 saturated carbocycles. The van der Waals surface area contributed by atoms with E-state index in [1.54, 1.807) is 0 Å². The molecule has 0 unspecified atom stereocenters. The molecule has 0 aliphatic heterocycles. The smallest absolute Gasteiger partial charge is 0.0973 e. The zero-order valence-electron chi connectivity index (χ0n) is 26.7. The van der Waals surface area contributed by atoms with Crippen LogP contribution < -0.4 is 0 Å². The summed E-state index contributed by atoms with van der Waals surface area (Å²) >= 11 is 0. The van der Waals surface area contributed by atoms with Gasteiger partial charge in [-0.1, -0.05) is 158 Å². The van der Waals surface area contributed by atoms with E-state index in [0.29, 0.717) is 0 Å². The average molecular weight is 623 g/mol. The molecule has 0 atom stereocenters.